The Bertz CT molecular complexity index is 491. The molecule has 1 saturated heterocycles. The van der Waals surface area contributed by atoms with E-state index >= 15 is 0 Å². The zero-order valence-electron chi connectivity index (χ0n) is 14.6. The second kappa shape index (κ2) is 5.28. The number of rotatable bonds is 5. The van der Waals surface area contributed by atoms with E-state index in [9.17, 15) is 4.79 Å². The van der Waals surface area contributed by atoms with Gasteiger partial charge >= 0.3 is 0 Å². The van der Waals surface area contributed by atoms with Gasteiger partial charge in [-0.3, -0.25) is 4.79 Å². The Morgan fingerprint density at radius 2 is 2.09 bits per heavy atom. The molecule has 3 fully saturated rings. The second-order valence-corrected chi connectivity index (χ2v) is 13.3. The lowest BCUT2D eigenvalue weighted by atomic mass is 9.61. The standard InChI is InChI=1S/C18H30O3Si/c1-11(2)12-7-8-18(3)15(19)9-13(12)16(18)17(14-10-20-14)21-22(4,5)6/h12-14,16-17H,1,7-10H2,2-6H3/t12?,13?,14-,16?,17-,18-/m1/s1. The van der Waals surface area contributed by atoms with Crippen LogP contribution in [-0.2, 0) is 14.0 Å². The molecule has 0 aromatic rings. The highest BCUT2D eigenvalue weighted by atomic mass is 28.4. The van der Waals surface area contributed by atoms with Gasteiger partial charge in [0.1, 0.15) is 11.9 Å². The van der Waals surface area contributed by atoms with Gasteiger partial charge in [-0.05, 0) is 51.2 Å². The first kappa shape index (κ1) is 16.4. The van der Waals surface area contributed by atoms with E-state index in [-0.39, 0.29) is 17.6 Å². The number of carbonyl (C=O) groups excluding carboxylic acids is 1. The number of allylic oxidation sites excluding steroid dienone is 1. The summed E-state index contributed by atoms with van der Waals surface area (Å²) in [5.41, 5.74) is 1.02. The third kappa shape index (κ3) is 2.74. The van der Waals surface area contributed by atoms with Crippen molar-refractivity contribution in [3.8, 4) is 0 Å². The summed E-state index contributed by atoms with van der Waals surface area (Å²) in [6, 6.07) is 0. The monoisotopic (exact) mass is 322 g/mol. The fourth-order valence-electron chi connectivity index (χ4n) is 4.85. The highest BCUT2D eigenvalue weighted by Crippen LogP contribution is 2.59. The Morgan fingerprint density at radius 3 is 2.59 bits per heavy atom. The maximum Gasteiger partial charge on any atom is 0.184 e. The predicted octanol–water partition coefficient (Wildman–Crippen LogP) is 3.80. The molecule has 0 aromatic heterocycles. The topological polar surface area (TPSA) is 38.8 Å². The van der Waals surface area contributed by atoms with Gasteiger partial charge in [-0.25, -0.2) is 0 Å². The van der Waals surface area contributed by atoms with Gasteiger partial charge < -0.3 is 9.16 Å². The molecule has 3 nitrogen and oxygen atoms in total. The molecule has 3 unspecified atom stereocenters. The van der Waals surface area contributed by atoms with Crippen LogP contribution in [0.5, 0.6) is 0 Å². The number of ketones is 1. The summed E-state index contributed by atoms with van der Waals surface area (Å²) in [7, 11) is -1.68. The summed E-state index contributed by atoms with van der Waals surface area (Å²) in [5, 5.41) is 0. The first-order chi connectivity index (χ1) is 10.1. The van der Waals surface area contributed by atoms with Crippen LogP contribution in [0.4, 0.5) is 0 Å². The minimum absolute atomic E-state index is 0.0928. The number of hydrogen-bond acceptors (Lipinski definition) is 3. The summed E-state index contributed by atoms with van der Waals surface area (Å²) in [4.78, 5) is 12.8. The number of epoxide rings is 1. The van der Waals surface area contributed by atoms with Gasteiger partial charge in [0.25, 0.3) is 0 Å². The highest BCUT2D eigenvalue weighted by molar-refractivity contribution is 6.69. The van der Waals surface area contributed by atoms with Crippen LogP contribution in [0.1, 0.15) is 33.1 Å². The maximum absolute atomic E-state index is 12.8. The molecule has 0 amide bonds. The Kier molecular flexibility index (Phi) is 3.94. The molecule has 1 heterocycles. The van der Waals surface area contributed by atoms with Crippen LogP contribution in [0, 0.1) is 23.2 Å². The third-order valence-electron chi connectivity index (χ3n) is 5.95. The van der Waals surface area contributed by atoms with Gasteiger partial charge in [-0.15, -0.1) is 0 Å². The molecule has 0 N–H and O–H groups in total. The summed E-state index contributed by atoms with van der Waals surface area (Å²) in [5.74, 6) is 1.61. The molecule has 2 saturated carbocycles. The van der Waals surface area contributed by atoms with Gasteiger partial charge in [0.2, 0.25) is 0 Å². The Balaban J connectivity index is 1.94. The third-order valence-corrected chi connectivity index (χ3v) is 6.93. The quantitative estimate of drug-likeness (QED) is 0.439. The van der Waals surface area contributed by atoms with Crippen LogP contribution >= 0.6 is 0 Å². The highest BCUT2D eigenvalue weighted by Gasteiger charge is 2.62. The van der Waals surface area contributed by atoms with E-state index in [1.165, 1.54) is 5.57 Å². The van der Waals surface area contributed by atoms with Gasteiger partial charge in [0.05, 0.1) is 12.7 Å². The second-order valence-electron chi connectivity index (χ2n) is 8.79. The van der Waals surface area contributed by atoms with Crippen molar-refractivity contribution in [2.24, 2.45) is 23.2 Å². The first-order valence-electron chi connectivity index (χ1n) is 8.61. The molecule has 0 spiro atoms. The average Bonchev–Trinajstić information content (AvgIpc) is 3.16. The van der Waals surface area contributed by atoms with Crippen LogP contribution < -0.4 is 0 Å². The first-order valence-corrected chi connectivity index (χ1v) is 12.0. The summed E-state index contributed by atoms with van der Waals surface area (Å²) >= 11 is 0. The molecular weight excluding hydrogens is 292 g/mol. The molecule has 0 radical (unpaired) electrons. The zero-order chi connectivity index (χ0) is 16.3. The van der Waals surface area contributed by atoms with Crippen molar-refractivity contribution in [3.05, 3.63) is 12.2 Å². The lowest BCUT2D eigenvalue weighted by Gasteiger charge is -2.46. The van der Waals surface area contributed by atoms with E-state index in [1.807, 2.05) is 0 Å². The largest absolute Gasteiger partial charge is 0.412 e. The number of hydrogen-bond donors (Lipinski definition) is 0. The Labute approximate surface area is 135 Å². The Morgan fingerprint density at radius 1 is 1.45 bits per heavy atom. The number of fused-ring (bicyclic) bond motifs is 2. The molecule has 22 heavy (non-hydrogen) atoms. The molecule has 2 aliphatic carbocycles. The van der Waals surface area contributed by atoms with Gasteiger partial charge in [-0.2, -0.15) is 0 Å². The normalized spacial score (nSPS) is 42.3. The van der Waals surface area contributed by atoms with Crippen molar-refractivity contribution in [1.82, 2.24) is 0 Å². The molecular formula is C18H30O3Si. The van der Waals surface area contributed by atoms with Crippen LogP contribution in [-0.4, -0.2) is 32.9 Å². The fourth-order valence-corrected chi connectivity index (χ4v) is 5.97. The minimum atomic E-state index is -1.68. The van der Waals surface area contributed by atoms with E-state index in [1.54, 1.807) is 0 Å². The maximum atomic E-state index is 12.8. The van der Waals surface area contributed by atoms with Gasteiger partial charge in [-0.1, -0.05) is 19.1 Å². The number of Topliss-reactive ketones (excluding diaryl/α,β-unsaturated/α-hetero) is 1. The van der Waals surface area contributed by atoms with E-state index in [4.69, 9.17) is 9.16 Å². The zero-order valence-corrected chi connectivity index (χ0v) is 15.6. The smallest absolute Gasteiger partial charge is 0.184 e. The summed E-state index contributed by atoms with van der Waals surface area (Å²) < 4.78 is 12.2. The van der Waals surface area contributed by atoms with E-state index < -0.39 is 8.32 Å². The molecule has 4 heteroatoms. The van der Waals surface area contributed by atoms with Crippen LogP contribution in [0.15, 0.2) is 12.2 Å². The number of ether oxygens (including phenoxy) is 1. The van der Waals surface area contributed by atoms with Crippen molar-refractivity contribution in [1.29, 1.82) is 0 Å². The molecule has 6 atom stereocenters. The van der Waals surface area contributed by atoms with E-state index in [0.717, 1.165) is 19.4 Å². The van der Waals surface area contributed by atoms with Crippen molar-refractivity contribution < 1.29 is 14.0 Å². The van der Waals surface area contributed by atoms with Crippen molar-refractivity contribution in [2.75, 3.05) is 6.61 Å². The van der Waals surface area contributed by atoms with Crippen molar-refractivity contribution in [2.45, 2.75) is 65.0 Å². The SMILES string of the molecule is C=C(C)C1CC[C@]2(C)C(=O)CC1C2[C@H](O[Si](C)(C)C)[C@H]1CO1. The number of carbonyl (C=O) groups is 1. The summed E-state index contributed by atoms with van der Waals surface area (Å²) in [6.45, 7) is 16.0. The Hall–Kier alpha value is -0.453. The average molecular weight is 323 g/mol. The van der Waals surface area contributed by atoms with Crippen LogP contribution in [0.3, 0.4) is 0 Å². The molecule has 124 valence electrons. The molecule has 3 rings (SSSR count). The predicted molar refractivity (Wildman–Crippen MR) is 90.2 cm³/mol. The van der Waals surface area contributed by atoms with Crippen molar-refractivity contribution >= 4 is 14.1 Å². The summed E-state index contributed by atoms with van der Waals surface area (Å²) in [6.07, 6.45) is 3.08. The molecule has 2 bridgehead atoms. The van der Waals surface area contributed by atoms with Gasteiger partial charge in [0.15, 0.2) is 8.32 Å². The lowest BCUT2D eigenvalue weighted by molar-refractivity contribution is -0.129. The van der Waals surface area contributed by atoms with Crippen LogP contribution in [0.2, 0.25) is 19.6 Å². The minimum Gasteiger partial charge on any atom is -0.412 e. The fraction of sp³-hybridized carbons (Fsp3) is 0.833. The molecule has 3 aliphatic rings. The van der Waals surface area contributed by atoms with Gasteiger partial charge in [0, 0.05) is 17.8 Å². The van der Waals surface area contributed by atoms with Crippen molar-refractivity contribution in [3.63, 3.8) is 0 Å². The van der Waals surface area contributed by atoms with Crippen LogP contribution in [0.25, 0.3) is 0 Å². The molecule has 0 aromatic carbocycles. The van der Waals surface area contributed by atoms with E-state index in [2.05, 4.69) is 40.1 Å². The molecule has 1 aliphatic heterocycles. The van der Waals surface area contributed by atoms with E-state index in [0.29, 0.717) is 30.0 Å². The lowest BCUT2D eigenvalue weighted by Crippen LogP contribution is -2.50.